The molecule has 11 heteroatoms. The molecular weight excluding hydrogens is 501 g/mol. The molecular formula is C28H32FN7O3. The van der Waals surface area contributed by atoms with E-state index in [2.05, 4.69) is 25.2 Å². The van der Waals surface area contributed by atoms with Crippen molar-refractivity contribution < 1.29 is 18.7 Å². The number of ether oxygens (including phenoxy) is 1. The molecule has 0 saturated carbocycles. The van der Waals surface area contributed by atoms with Crippen molar-refractivity contribution in [1.29, 1.82) is 0 Å². The Kier molecular flexibility index (Phi) is 6.61. The van der Waals surface area contributed by atoms with Gasteiger partial charge in [-0.15, -0.1) is 0 Å². The van der Waals surface area contributed by atoms with Gasteiger partial charge < -0.3 is 19.4 Å². The van der Waals surface area contributed by atoms with Crippen molar-refractivity contribution in [2.24, 2.45) is 0 Å². The molecule has 0 bridgehead atoms. The quantitative estimate of drug-likeness (QED) is 0.403. The van der Waals surface area contributed by atoms with E-state index in [1.54, 1.807) is 40.9 Å². The Balaban J connectivity index is 1.42. The van der Waals surface area contributed by atoms with E-state index in [1.165, 1.54) is 12.3 Å². The van der Waals surface area contributed by atoms with Crippen LogP contribution in [-0.2, 0) is 4.74 Å². The van der Waals surface area contributed by atoms with Gasteiger partial charge in [-0.2, -0.15) is 0 Å². The lowest BCUT2D eigenvalue weighted by molar-refractivity contribution is 0.00567. The number of carbonyl (C=O) groups excluding carboxylic acids is 2. The van der Waals surface area contributed by atoms with E-state index in [0.29, 0.717) is 41.1 Å². The second-order valence-corrected chi connectivity index (χ2v) is 11.0. The monoisotopic (exact) mass is 533 g/mol. The van der Waals surface area contributed by atoms with Gasteiger partial charge >= 0.3 is 6.09 Å². The van der Waals surface area contributed by atoms with E-state index < -0.39 is 17.3 Å². The fraction of sp³-hybridized carbons (Fsp3) is 0.393. The topological polar surface area (TPSA) is 105 Å². The van der Waals surface area contributed by atoms with Gasteiger partial charge in [0.1, 0.15) is 16.6 Å². The van der Waals surface area contributed by atoms with Crippen LogP contribution < -0.4 is 10.2 Å². The van der Waals surface area contributed by atoms with Gasteiger partial charge in [-0.3, -0.25) is 19.7 Å². The van der Waals surface area contributed by atoms with E-state index in [0.717, 1.165) is 5.69 Å². The molecule has 1 N–H and O–H groups in total. The first-order valence-electron chi connectivity index (χ1n) is 12.9. The summed E-state index contributed by atoms with van der Waals surface area (Å²) in [5.74, 6) is -0.964. The predicted molar refractivity (Wildman–Crippen MR) is 147 cm³/mol. The molecule has 0 aliphatic carbocycles. The molecule has 0 spiro atoms. The number of piperazine rings is 1. The number of rotatable bonds is 3. The fourth-order valence-electron chi connectivity index (χ4n) is 5.12. The number of aromatic nitrogens is 4. The lowest BCUT2D eigenvalue weighted by Gasteiger charge is -2.45. The number of carbonyl (C=O) groups is 2. The molecule has 4 aromatic rings. The first-order chi connectivity index (χ1) is 18.4. The standard InChI is InChI=1S/C28H32FN7O3/c1-16-12-35-15-19(11-21(29)25(35)32-16)33-26(37)20-7-8-22(24-23(20)30-9-10-31-24)34-13-17(2)36(18(3)14-34)27(38)39-28(4,5)6/h7-12,15,17-18H,13-14H2,1-6H3,(H,33,37)/t17-,18+. The summed E-state index contributed by atoms with van der Waals surface area (Å²) in [5, 5.41) is 2.78. The van der Waals surface area contributed by atoms with E-state index >= 15 is 0 Å². The Morgan fingerprint density at radius 3 is 2.38 bits per heavy atom. The maximum absolute atomic E-state index is 14.6. The number of benzene rings is 1. The number of fused-ring (bicyclic) bond motifs is 2. The zero-order valence-electron chi connectivity index (χ0n) is 22.9. The Bertz CT molecular complexity index is 1570. The number of nitrogens with one attached hydrogen (secondary N) is 1. The minimum atomic E-state index is -0.578. The SMILES string of the molecule is Cc1cn2cc(NC(=O)c3ccc(N4C[C@@H](C)N(C(=O)OC(C)(C)C)[C@@H](C)C4)c4nccnc34)cc(F)c2n1. The fourth-order valence-corrected chi connectivity index (χ4v) is 5.12. The number of aryl methyl sites for hydroxylation is 1. The number of hydrogen-bond donors (Lipinski definition) is 1. The van der Waals surface area contributed by atoms with Gasteiger partial charge in [-0.1, -0.05) is 0 Å². The first kappa shape index (κ1) is 26.3. The third kappa shape index (κ3) is 5.21. The highest BCUT2D eigenvalue weighted by Gasteiger charge is 2.36. The molecule has 4 heterocycles. The van der Waals surface area contributed by atoms with Gasteiger partial charge in [-0.05, 0) is 53.7 Å². The molecule has 1 aromatic carbocycles. The molecule has 2 atom stereocenters. The molecule has 3 aromatic heterocycles. The average molecular weight is 534 g/mol. The Morgan fingerprint density at radius 2 is 1.72 bits per heavy atom. The summed E-state index contributed by atoms with van der Waals surface area (Å²) < 4.78 is 21.7. The third-order valence-electron chi connectivity index (χ3n) is 6.60. The normalized spacial score (nSPS) is 18.0. The van der Waals surface area contributed by atoms with Gasteiger partial charge in [0.2, 0.25) is 0 Å². The maximum atomic E-state index is 14.6. The number of pyridine rings is 1. The van der Waals surface area contributed by atoms with Crippen LogP contribution in [0.15, 0.2) is 43.0 Å². The molecule has 1 aliphatic heterocycles. The number of hydrogen-bond acceptors (Lipinski definition) is 7. The van der Waals surface area contributed by atoms with Crippen LogP contribution in [-0.4, -0.2) is 67.0 Å². The molecule has 1 saturated heterocycles. The van der Waals surface area contributed by atoms with Gasteiger partial charge in [-0.25, -0.2) is 14.2 Å². The van der Waals surface area contributed by atoms with Crippen LogP contribution in [0.25, 0.3) is 16.7 Å². The van der Waals surface area contributed by atoms with Gasteiger partial charge in [0, 0.05) is 43.9 Å². The van der Waals surface area contributed by atoms with Crippen molar-refractivity contribution in [1.82, 2.24) is 24.3 Å². The second kappa shape index (κ2) is 9.79. The summed E-state index contributed by atoms with van der Waals surface area (Å²) in [6, 6.07) is 4.56. The van der Waals surface area contributed by atoms with Crippen LogP contribution in [0, 0.1) is 12.7 Å². The van der Waals surface area contributed by atoms with Crippen LogP contribution in [0.3, 0.4) is 0 Å². The number of nitrogens with zero attached hydrogens (tertiary/aromatic N) is 6. The van der Waals surface area contributed by atoms with Crippen LogP contribution in [0.5, 0.6) is 0 Å². The van der Waals surface area contributed by atoms with Gasteiger partial charge in [0.15, 0.2) is 11.5 Å². The molecule has 0 unspecified atom stereocenters. The first-order valence-corrected chi connectivity index (χ1v) is 12.9. The van der Waals surface area contributed by atoms with E-state index in [1.807, 2.05) is 40.7 Å². The summed E-state index contributed by atoms with van der Waals surface area (Å²) in [6.07, 6.45) is 6.09. The molecule has 204 valence electrons. The highest BCUT2D eigenvalue weighted by molar-refractivity contribution is 6.13. The number of amides is 2. The minimum absolute atomic E-state index is 0.116. The zero-order chi connectivity index (χ0) is 28.1. The molecule has 0 radical (unpaired) electrons. The van der Waals surface area contributed by atoms with Crippen molar-refractivity contribution in [2.45, 2.75) is 59.2 Å². The molecule has 10 nitrogen and oxygen atoms in total. The van der Waals surface area contributed by atoms with Crippen molar-refractivity contribution in [2.75, 3.05) is 23.3 Å². The summed E-state index contributed by atoms with van der Waals surface area (Å²) in [4.78, 5) is 43.2. The smallest absolute Gasteiger partial charge is 0.410 e. The van der Waals surface area contributed by atoms with E-state index in [4.69, 9.17) is 4.74 Å². The average Bonchev–Trinajstić information content (AvgIpc) is 3.22. The van der Waals surface area contributed by atoms with Gasteiger partial charge in [0.25, 0.3) is 5.91 Å². The molecule has 2 amide bonds. The van der Waals surface area contributed by atoms with E-state index in [9.17, 15) is 14.0 Å². The lowest BCUT2D eigenvalue weighted by atomic mass is 10.1. The predicted octanol–water partition coefficient (Wildman–Crippen LogP) is 4.81. The van der Waals surface area contributed by atoms with Crippen molar-refractivity contribution in [3.8, 4) is 0 Å². The number of anilines is 2. The largest absolute Gasteiger partial charge is 0.444 e. The minimum Gasteiger partial charge on any atom is -0.444 e. The molecule has 1 fully saturated rings. The summed E-state index contributed by atoms with van der Waals surface area (Å²) in [7, 11) is 0. The van der Waals surface area contributed by atoms with Crippen LogP contribution in [0.2, 0.25) is 0 Å². The Hall–Kier alpha value is -4.28. The Morgan fingerprint density at radius 1 is 1.05 bits per heavy atom. The van der Waals surface area contributed by atoms with Crippen molar-refractivity contribution in [3.63, 3.8) is 0 Å². The van der Waals surface area contributed by atoms with E-state index in [-0.39, 0.29) is 23.8 Å². The zero-order valence-corrected chi connectivity index (χ0v) is 22.9. The molecule has 39 heavy (non-hydrogen) atoms. The second-order valence-electron chi connectivity index (χ2n) is 11.0. The number of halogens is 1. The molecule has 5 rings (SSSR count). The van der Waals surface area contributed by atoms with Crippen LogP contribution in [0.1, 0.15) is 50.7 Å². The van der Waals surface area contributed by atoms with Crippen LogP contribution >= 0.6 is 0 Å². The van der Waals surface area contributed by atoms with Crippen molar-refractivity contribution in [3.05, 3.63) is 60.1 Å². The highest BCUT2D eigenvalue weighted by Crippen LogP contribution is 2.31. The highest BCUT2D eigenvalue weighted by atomic mass is 19.1. The lowest BCUT2D eigenvalue weighted by Crippen LogP contribution is -2.59. The molecule has 1 aliphatic rings. The van der Waals surface area contributed by atoms with Crippen molar-refractivity contribution >= 4 is 40.1 Å². The number of imidazole rings is 1. The summed E-state index contributed by atoms with van der Waals surface area (Å²) in [5.41, 5.74) is 2.72. The van der Waals surface area contributed by atoms with Gasteiger partial charge in [0.05, 0.1) is 34.7 Å². The van der Waals surface area contributed by atoms with Crippen LogP contribution in [0.4, 0.5) is 20.6 Å². The third-order valence-corrected chi connectivity index (χ3v) is 6.60. The summed E-state index contributed by atoms with van der Waals surface area (Å²) in [6.45, 7) is 12.4. The Labute approximate surface area is 225 Å². The maximum Gasteiger partial charge on any atom is 0.410 e. The summed E-state index contributed by atoms with van der Waals surface area (Å²) >= 11 is 0.